The normalized spacial score (nSPS) is 21.2. The first-order chi connectivity index (χ1) is 14.5. The number of aromatic nitrogens is 4. The van der Waals surface area contributed by atoms with Gasteiger partial charge in [-0.2, -0.15) is 0 Å². The number of para-hydroxylation sites is 1. The first-order valence-electron chi connectivity index (χ1n) is 11.1. The number of imidazole rings is 1. The summed E-state index contributed by atoms with van der Waals surface area (Å²) in [5.41, 5.74) is 8.57. The fourth-order valence-electron chi connectivity index (χ4n) is 4.93. The van der Waals surface area contributed by atoms with Crippen molar-refractivity contribution < 1.29 is 0 Å². The van der Waals surface area contributed by atoms with Gasteiger partial charge in [0.15, 0.2) is 11.5 Å². The van der Waals surface area contributed by atoms with Crippen LogP contribution in [0.5, 0.6) is 0 Å². The van der Waals surface area contributed by atoms with E-state index in [1.54, 1.807) is 0 Å². The monoisotopic (exact) mass is 408 g/mol. The number of nitrogens with zero attached hydrogens (tertiary/aromatic N) is 3. The Labute approximate surface area is 177 Å². The molecule has 0 saturated carbocycles. The first kappa shape index (κ1) is 20.6. The van der Waals surface area contributed by atoms with Gasteiger partial charge in [0.1, 0.15) is 5.82 Å². The molecule has 0 spiro atoms. The van der Waals surface area contributed by atoms with Crippen LogP contribution in [0.2, 0.25) is 0 Å². The predicted molar refractivity (Wildman–Crippen MR) is 121 cm³/mol. The summed E-state index contributed by atoms with van der Waals surface area (Å²) < 4.78 is 0. The van der Waals surface area contributed by atoms with Gasteiger partial charge in [-0.15, -0.1) is 0 Å². The number of nitrogen functional groups attached to an aromatic ring is 1. The van der Waals surface area contributed by atoms with Crippen LogP contribution in [0.15, 0.2) is 29.2 Å². The van der Waals surface area contributed by atoms with Gasteiger partial charge in [0.2, 0.25) is 0 Å². The summed E-state index contributed by atoms with van der Waals surface area (Å²) in [6, 6.07) is 7.44. The van der Waals surface area contributed by atoms with Crippen LogP contribution in [0.4, 0.5) is 5.82 Å². The minimum Gasteiger partial charge on any atom is -0.384 e. The highest BCUT2D eigenvalue weighted by atomic mass is 16.1. The van der Waals surface area contributed by atoms with Crippen LogP contribution in [-0.2, 0) is 0 Å². The molecule has 3 unspecified atom stereocenters. The number of piperidine rings is 1. The van der Waals surface area contributed by atoms with Crippen LogP contribution in [0, 0.1) is 0 Å². The van der Waals surface area contributed by atoms with Gasteiger partial charge in [0.25, 0.3) is 5.56 Å². The van der Waals surface area contributed by atoms with E-state index in [1.807, 2.05) is 12.1 Å². The Kier molecular flexibility index (Phi) is 5.90. The van der Waals surface area contributed by atoms with Crippen LogP contribution in [0.25, 0.3) is 22.6 Å². The van der Waals surface area contributed by atoms with E-state index in [0.29, 0.717) is 23.7 Å². The van der Waals surface area contributed by atoms with Crippen molar-refractivity contribution >= 4 is 16.9 Å². The molecule has 30 heavy (non-hydrogen) atoms. The third-order valence-corrected chi connectivity index (χ3v) is 6.39. The molecule has 3 aromatic rings. The second-order valence-corrected chi connectivity index (χ2v) is 8.58. The van der Waals surface area contributed by atoms with Crippen LogP contribution in [0.1, 0.15) is 70.9 Å². The number of hydrogen-bond acceptors (Lipinski definition) is 5. The summed E-state index contributed by atoms with van der Waals surface area (Å²) in [5.74, 6) is 0.812. The summed E-state index contributed by atoms with van der Waals surface area (Å²) in [7, 11) is 0. The molecular formula is C23H32N6O. The Morgan fingerprint density at radius 1 is 1.23 bits per heavy atom. The smallest absolute Gasteiger partial charge is 0.278 e. The molecule has 160 valence electrons. The van der Waals surface area contributed by atoms with Crippen molar-refractivity contribution in [2.45, 2.75) is 77.4 Å². The zero-order chi connectivity index (χ0) is 21.3. The number of benzene rings is 1. The molecule has 4 N–H and O–H groups in total. The first-order valence-corrected chi connectivity index (χ1v) is 11.1. The Morgan fingerprint density at radius 3 is 2.67 bits per heavy atom. The lowest BCUT2D eigenvalue weighted by molar-refractivity contribution is 0.0495. The summed E-state index contributed by atoms with van der Waals surface area (Å²) >= 11 is 0. The van der Waals surface area contributed by atoms with Gasteiger partial charge in [0.05, 0.1) is 17.2 Å². The van der Waals surface area contributed by atoms with Crippen molar-refractivity contribution in [2.75, 3.05) is 5.73 Å². The van der Waals surface area contributed by atoms with Gasteiger partial charge >= 0.3 is 0 Å². The average molecular weight is 409 g/mol. The van der Waals surface area contributed by atoms with Gasteiger partial charge in [-0.1, -0.05) is 38.3 Å². The van der Waals surface area contributed by atoms with Gasteiger partial charge in [-0.3, -0.25) is 9.69 Å². The molecular weight excluding hydrogens is 376 g/mol. The van der Waals surface area contributed by atoms with Crippen LogP contribution >= 0.6 is 0 Å². The number of nitrogens with two attached hydrogens (primary N) is 1. The third kappa shape index (κ3) is 3.86. The number of anilines is 1. The number of hydrogen-bond donors (Lipinski definition) is 3. The highest BCUT2D eigenvalue weighted by molar-refractivity contribution is 5.80. The maximum Gasteiger partial charge on any atom is 0.278 e. The lowest BCUT2D eigenvalue weighted by Crippen LogP contribution is -2.46. The number of rotatable bonds is 6. The van der Waals surface area contributed by atoms with E-state index in [0.717, 1.165) is 30.3 Å². The van der Waals surface area contributed by atoms with Crippen molar-refractivity contribution in [1.29, 1.82) is 0 Å². The Hall–Kier alpha value is -2.67. The summed E-state index contributed by atoms with van der Waals surface area (Å²) in [6.07, 6.45) is 8.62. The lowest BCUT2D eigenvalue weighted by atomic mass is 9.89. The van der Waals surface area contributed by atoms with Crippen molar-refractivity contribution in [1.82, 2.24) is 24.8 Å². The van der Waals surface area contributed by atoms with E-state index in [1.165, 1.54) is 31.0 Å². The van der Waals surface area contributed by atoms with E-state index >= 15 is 0 Å². The van der Waals surface area contributed by atoms with Gasteiger partial charge in [-0.25, -0.2) is 9.97 Å². The van der Waals surface area contributed by atoms with Crippen molar-refractivity contribution in [3.63, 3.8) is 0 Å². The zero-order valence-corrected chi connectivity index (χ0v) is 18.1. The molecule has 0 amide bonds. The number of fused-ring (bicyclic) bond motifs is 1. The molecule has 3 heterocycles. The Balaban J connectivity index is 1.86. The predicted octanol–water partition coefficient (Wildman–Crippen LogP) is 4.39. The minimum atomic E-state index is -0.265. The number of likely N-dealkylation sites (tertiary alicyclic amines) is 1. The van der Waals surface area contributed by atoms with Crippen molar-refractivity contribution in [3.8, 4) is 11.5 Å². The van der Waals surface area contributed by atoms with E-state index in [2.05, 4.69) is 46.7 Å². The average Bonchev–Trinajstić information content (AvgIpc) is 3.15. The van der Waals surface area contributed by atoms with Crippen molar-refractivity contribution in [3.05, 3.63) is 40.3 Å². The van der Waals surface area contributed by atoms with E-state index in [4.69, 9.17) is 10.7 Å². The highest BCUT2D eigenvalue weighted by Crippen LogP contribution is 2.37. The molecule has 1 aliphatic heterocycles. The SMILES string of the molecule is CCCCC(c1cccc2[nH]c(=O)c(-c3ncc(N)[nH]3)nc12)N1C(C)CCCC1C. The fourth-order valence-corrected chi connectivity index (χ4v) is 4.93. The number of unbranched alkanes of at least 4 members (excludes halogenated alkanes) is 1. The molecule has 3 atom stereocenters. The van der Waals surface area contributed by atoms with Gasteiger partial charge in [0, 0.05) is 18.1 Å². The van der Waals surface area contributed by atoms with Crippen LogP contribution in [-0.4, -0.2) is 36.9 Å². The fraction of sp³-hybridized carbons (Fsp3) is 0.522. The summed E-state index contributed by atoms with van der Waals surface area (Å²) in [6.45, 7) is 6.91. The molecule has 2 aromatic heterocycles. The van der Waals surface area contributed by atoms with E-state index in [-0.39, 0.29) is 17.3 Å². The maximum absolute atomic E-state index is 12.7. The maximum atomic E-state index is 12.7. The molecule has 1 aromatic carbocycles. The second kappa shape index (κ2) is 8.60. The quantitative estimate of drug-likeness (QED) is 0.561. The second-order valence-electron chi connectivity index (χ2n) is 8.58. The minimum absolute atomic E-state index is 0.265. The third-order valence-electron chi connectivity index (χ3n) is 6.39. The number of nitrogens with one attached hydrogen (secondary N) is 2. The standard InChI is InChI=1S/C23H32N6O/c1-4-5-12-18(29-14(2)8-6-9-15(29)3)16-10-7-11-17-20(16)28-21(23(30)26-17)22-25-13-19(24)27-22/h7,10-11,13-15,18H,4-6,8-9,12,24H2,1-3H3,(H,25,27)(H,26,30). The highest BCUT2D eigenvalue weighted by Gasteiger charge is 2.32. The zero-order valence-electron chi connectivity index (χ0n) is 18.1. The molecule has 1 saturated heterocycles. The molecule has 7 heteroatoms. The van der Waals surface area contributed by atoms with Crippen LogP contribution in [0.3, 0.4) is 0 Å². The molecule has 4 rings (SSSR count). The van der Waals surface area contributed by atoms with Crippen molar-refractivity contribution in [2.24, 2.45) is 0 Å². The molecule has 1 fully saturated rings. The number of aromatic amines is 2. The molecule has 0 bridgehead atoms. The largest absolute Gasteiger partial charge is 0.384 e. The Morgan fingerprint density at radius 2 is 2.00 bits per heavy atom. The van der Waals surface area contributed by atoms with E-state index < -0.39 is 0 Å². The van der Waals surface area contributed by atoms with Crippen LogP contribution < -0.4 is 11.3 Å². The topological polar surface area (TPSA) is 104 Å². The van der Waals surface area contributed by atoms with Gasteiger partial charge in [-0.05, 0) is 44.7 Å². The molecule has 7 nitrogen and oxygen atoms in total. The molecule has 0 radical (unpaired) electrons. The lowest BCUT2D eigenvalue weighted by Gasteiger charge is -2.44. The Bertz CT molecular complexity index is 1060. The summed E-state index contributed by atoms with van der Waals surface area (Å²) in [5, 5.41) is 0. The molecule has 0 aliphatic carbocycles. The summed E-state index contributed by atoms with van der Waals surface area (Å²) in [4.78, 5) is 30.3. The van der Waals surface area contributed by atoms with Gasteiger partial charge < -0.3 is 15.7 Å². The van der Waals surface area contributed by atoms with E-state index in [9.17, 15) is 4.79 Å². The number of H-pyrrole nitrogens is 2. The molecule has 1 aliphatic rings.